The number of hydrogen-bond donors (Lipinski definition) is 0. The molecule has 4 rings (SSSR count). The molecule has 2 nitrogen and oxygen atoms in total. The summed E-state index contributed by atoms with van der Waals surface area (Å²) < 4.78 is 5.71. The van der Waals surface area contributed by atoms with Crippen LogP contribution < -0.4 is 0 Å². The highest BCUT2D eigenvalue weighted by atomic mass is 35.5. The summed E-state index contributed by atoms with van der Waals surface area (Å²) in [6.45, 7) is 6.31. The normalized spacial score (nSPS) is 46.3. The van der Waals surface area contributed by atoms with E-state index in [0.29, 0.717) is 17.8 Å². The smallest absolute Gasteiger partial charge is 0.302 e. The Morgan fingerprint density at radius 1 is 1.25 bits per heavy atom. The Morgan fingerprint density at radius 2 is 2.04 bits per heavy atom. The molecule has 0 spiro atoms. The number of carbonyl (C=O) groups excluding carboxylic acids is 1. The molecule has 2 saturated carbocycles. The molecular weight excluding hydrogens is 320 g/mol. The third-order valence-electron chi connectivity index (χ3n) is 7.54. The number of ether oxygens (including phenoxy) is 1. The number of halogens is 1. The van der Waals surface area contributed by atoms with Crippen molar-refractivity contribution in [2.24, 2.45) is 28.6 Å². The second-order valence-corrected chi connectivity index (χ2v) is 9.12. The Kier molecular flexibility index (Phi) is 3.76. The summed E-state index contributed by atoms with van der Waals surface area (Å²) >= 11 is 6.25. The van der Waals surface area contributed by atoms with E-state index < -0.39 is 0 Å². The van der Waals surface area contributed by atoms with Gasteiger partial charge in [0.2, 0.25) is 0 Å². The van der Waals surface area contributed by atoms with Gasteiger partial charge in [-0.05, 0) is 66.9 Å². The highest BCUT2D eigenvalue weighted by Crippen LogP contribution is 2.64. The van der Waals surface area contributed by atoms with Crippen LogP contribution in [0.4, 0.5) is 0 Å². The van der Waals surface area contributed by atoms with Gasteiger partial charge in [-0.3, -0.25) is 4.79 Å². The Balaban J connectivity index is 1.66. The number of rotatable bonds is 1. The van der Waals surface area contributed by atoms with Gasteiger partial charge in [-0.15, -0.1) is 0 Å². The van der Waals surface area contributed by atoms with Crippen molar-refractivity contribution < 1.29 is 9.53 Å². The van der Waals surface area contributed by atoms with Crippen LogP contribution in [0.25, 0.3) is 0 Å². The molecule has 0 amide bonds. The van der Waals surface area contributed by atoms with Crippen LogP contribution in [-0.4, -0.2) is 12.1 Å². The average Bonchev–Trinajstić information content (AvgIpc) is 2.84. The molecule has 0 unspecified atom stereocenters. The van der Waals surface area contributed by atoms with E-state index in [1.54, 1.807) is 6.92 Å². The lowest BCUT2D eigenvalue weighted by molar-refractivity contribution is -0.155. The van der Waals surface area contributed by atoms with Crippen molar-refractivity contribution in [1.29, 1.82) is 0 Å². The molecule has 6 atom stereocenters. The first kappa shape index (κ1) is 16.4. The zero-order chi connectivity index (χ0) is 17.1. The van der Waals surface area contributed by atoms with Gasteiger partial charge in [0, 0.05) is 17.4 Å². The van der Waals surface area contributed by atoms with Crippen molar-refractivity contribution in [3.05, 3.63) is 34.9 Å². The summed E-state index contributed by atoms with van der Waals surface area (Å²) in [5, 5.41) is 0.877. The number of allylic oxidation sites excluding steroid dienone is 6. The van der Waals surface area contributed by atoms with Gasteiger partial charge in [-0.2, -0.15) is 0 Å². The van der Waals surface area contributed by atoms with E-state index in [0.717, 1.165) is 24.3 Å². The van der Waals surface area contributed by atoms with Crippen LogP contribution in [0.2, 0.25) is 0 Å². The quantitative estimate of drug-likeness (QED) is 0.595. The second-order valence-electron chi connectivity index (χ2n) is 8.68. The first-order valence-electron chi connectivity index (χ1n) is 9.28. The Hall–Kier alpha value is -1.02. The fraction of sp³-hybridized carbons (Fsp3) is 0.667. The number of carbonyl (C=O) groups is 1. The molecule has 0 N–H and O–H groups in total. The predicted molar refractivity (Wildman–Crippen MR) is 96.5 cm³/mol. The molecule has 2 fully saturated rings. The number of esters is 1. The van der Waals surface area contributed by atoms with Crippen LogP contribution in [0.15, 0.2) is 34.9 Å². The summed E-state index contributed by atoms with van der Waals surface area (Å²) in [5.41, 5.74) is 1.74. The van der Waals surface area contributed by atoms with Gasteiger partial charge in [0.05, 0.1) is 0 Å². The second kappa shape index (κ2) is 5.49. The molecule has 0 saturated heterocycles. The van der Waals surface area contributed by atoms with Crippen LogP contribution in [0, 0.1) is 28.6 Å². The molecule has 0 bridgehead atoms. The van der Waals surface area contributed by atoms with Crippen LogP contribution in [0.5, 0.6) is 0 Å². The van der Waals surface area contributed by atoms with Crippen molar-refractivity contribution in [1.82, 2.24) is 0 Å². The average molecular weight is 347 g/mol. The number of fused-ring (bicyclic) bond motifs is 5. The lowest BCUT2D eigenvalue weighted by atomic mass is 9.50. The maximum absolute atomic E-state index is 11.5. The molecule has 0 aromatic heterocycles. The molecule has 0 aromatic carbocycles. The minimum absolute atomic E-state index is 0.0970. The minimum atomic E-state index is -0.132. The van der Waals surface area contributed by atoms with Crippen molar-refractivity contribution in [2.45, 2.75) is 59.0 Å². The summed E-state index contributed by atoms with van der Waals surface area (Å²) in [5.74, 6) is 1.75. The summed E-state index contributed by atoms with van der Waals surface area (Å²) in [6, 6.07) is 0. The van der Waals surface area contributed by atoms with E-state index in [2.05, 4.69) is 38.2 Å². The third kappa shape index (κ3) is 2.25. The van der Waals surface area contributed by atoms with Crippen LogP contribution in [0.1, 0.15) is 52.9 Å². The van der Waals surface area contributed by atoms with Gasteiger partial charge in [0.15, 0.2) is 0 Å². The fourth-order valence-corrected chi connectivity index (χ4v) is 6.37. The van der Waals surface area contributed by atoms with Gasteiger partial charge >= 0.3 is 5.97 Å². The molecule has 3 heteroatoms. The van der Waals surface area contributed by atoms with E-state index in [1.807, 2.05) is 0 Å². The predicted octanol–water partition coefficient (Wildman–Crippen LogP) is 5.39. The maximum atomic E-state index is 11.5. The molecular formula is C21H27ClO2. The summed E-state index contributed by atoms with van der Waals surface area (Å²) in [4.78, 5) is 11.5. The van der Waals surface area contributed by atoms with Crippen molar-refractivity contribution >= 4 is 17.6 Å². The highest BCUT2D eigenvalue weighted by molar-refractivity contribution is 6.31. The SMILES string of the molecule is CC(=O)O[C@H]1CC[C@H]2[C@@H]3C=CC4=CC(Cl)=CC[C@]4(C)[C@H]3CC[C@]12C. The number of hydrogen-bond acceptors (Lipinski definition) is 2. The van der Waals surface area contributed by atoms with E-state index in [9.17, 15) is 4.79 Å². The van der Waals surface area contributed by atoms with Crippen molar-refractivity contribution in [2.75, 3.05) is 0 Å². The van der Waals surface area contributed by atoms with E-state index >= 15 is 0 Å². The highest BCUT2D eigenvalue weighted by Gasteiger charge is 2.58. The third-order valence-corrected chi connectivity index (χ3v) is 7.81. The largest absolute Gasteiger partial charge is 0.462 e. The molecule has 0 radical (unpaired) electrons. The van der Waals surface area contributed by atoms with Crippen LogP contribution in [0.3, 0.4) is 0 Å². The molecule has 0 aromatic rings. The van der Waals surface area contributed by atoms with E-state index in [-0.39, 0.29) is 22.9 Å². The Bertz CT molecular complexity index is 661. The lowest BCUT2D eigenvalue weighted by Crippen LogP contribution is -2.49. The van der Waals surface area contributed by atoms with Crippen LogP contribution >= 0.6 is 11.6 Å². The van der Waals surface area contributed by atoms with Crippen molar-refractivity contribution in [3.8, 4) is 0 Å². The van der Waals surface area contributed by atoms with E-state index in [1.165, 1.54) is 18.4 Å². The first-order chi connectivity index (χ1) is 11.3. The molecule has 4 aliphatic carbocycles. The van der Waals surface area contributed by atoms with Gasteiger partial charge in [0.25, 0.3) is 0 Å². The van der Waals surface area contributed by atoms with Gasteiger partial charge in [-0.1, -0.05) is 43.7 Å². The van der Waals surface area contributed by atoms with Gasteiger partial charge in [0.1, 0.15) is 6.10 Å². The Morgan fingerprint density at radius 3 is 2.79 bits per heavy atom. The molecule has 130 valence electrons. The lowest BCUT2D eigenvalue weighted by Gasteiger charge is -2.55. The zero-order valence-electron chi connectivity index (χ0n) is 14.8. The topological polar surface area (TPSA) is 26.3 Å². The summed E-state index contributed by atoms with van der Waals surface area (Å²) in [6.07, 6.45) is 14.8. The maximum Gasteiger partial charge on any atom is 0.302 e. The molecule has 24 heavy (non-hydrogen) atoms. The summed E-state index contributed by atoms with van der Waals surface area (Å²) in [7, 11) is 0. The van der Waals surface area contributed by atoms with Gasteiger partial charge in [-0.25, -0.2) is 0 Å². The van der Waals surface area contributed by atoms with Gasteiger partial charge < -0.3 is 4.74 Å². The monoisotopic (exact) mass is 346 g/mol. The van der Waals surface area contributed by atoms with Crippen LogP contribution in [-0.2, 0) is 9.53 Å². The minimum Gasteiger partial charge on any atom is -0.462 e. The molecule has 4 aliphatic rings. The molecule has 0 aliphatic heterocycles. The standard InChI is InChI=1S/C21H27ClO2/c1-13(23)24-19-7-6-17-16-5-4-14-12-15(22)8-10-20(14,2)18(16)9-11-21(17,19)3/h4-5,8,12,16-19H,6-7,9-11H2,1-3H3/t16-,17-,18-,19-,20-,21-/m0/s1. The molecule has 0 heterocycles. The van der Waals surface area contributed by atoms with Crippen molar-refractivity contribution in [3.63, 3.8) is 0 Å². The van der Waals surface area contributed by atoms with E-state index in [4.69, 9.17) is 16.3 Å². The first-order valence-corrected chi connectivity index (χ1v) is 9.66. The Labute approximate surface area is 150 Å². The fourth-order valence-electron chi connectivity index (χ4n) is 6.17. The zero-order valence-corrected chi connectivity index (χ0v) is 15.6.